The standard InChI is InChI=1S/C21H25ClN8O2/c1-13-18-19(28(2)16(6-7-31)20(32)29(18)3)27-21(26-13)24-9-15-10-25-30(12-15)11-14-4-5-17(22)23-8-14/h4-5,8,10,12,16,31H,6-7,9,11H2,1-3H3,(H,24,26,27). The molecule has 2 N–H and O–H groups in total. The lowest BCUT2D eigenvalue weighted by Crippen LogP contribution is -2.51. The van der Waals surface area contributed by atoms with Gasteiger partial charge in [0.25, 0.3) is 0 Å². The number of halogens is 1. The summed E-state index contributed by atoms with van der Waals surface area (Å²) in [4.78, 5) is 29.3. The number of aliphatic hydroxyl groups excluding tert-OH is 1. The Balaban J connectivity index is 1.48. The van der Waals surface area contributed by atoms with Gasteiger partial charge in [0.2, 0.25) is 11.9 Å². The van der Waals surface area contributed by atoms with Gasteiger partial charge in [0, 0.05) is 45.2 Å². The zero-order valence-electron chi connectivity index (χ0n) is 18.2. The molecule has 0 saturated heterocycles. The minimum Gasteiger partial charge on any atom is -0.396 e. The molecule has 0 fully saturated rings. The van der Waals surface area contributed by atoms with Gasteiger partial charge in [-0.2, -0.15) is 10.1 Å². The topological polar surface area (TPSA) is 112 Å². The predicted molar refractivity (Wildman–Crippen MR) is 122 cm³/mol. The van der Waals surface area contributed by atoms with Crippen molar-refractivity contribution in [2.75, 3.05) is 35.8 Å². The monoisotopic (exact) mass is 456 g/mol. The molecule has 0 saturated carbocycles. The molecule has 0 radical (unpaired) electrons. The van der Waals surface area contributed by atoms with Crippen LogP contribution >= 0.6 is 11.6 Å². The van der Waals surface area contributed by atoms with Gasteiger partial charge in [0.15, 0.2) is 5.82 Å². The van der Waals surface area contributed by atoms with Gasteiger partial charge in [-0.25, -0.2) is 9.97 Å². The van der Waals surface area contributed by atoms with Gasteiger partial charge in [0.05, 0.1) is 18.4 Å². The number of hydrogen-bond donors (Lipinski definition) is 2. The van der Waals surface area contributed by atoms with Crippen LogP contribution in [0.2, 0.25) is 5.15 Å². The van der Waals surface area contributed by atoms with Crippen molar-refractivity contribution < 1.29 is 9.90 Å². The fourth-order valence-corrected chi connectivity index (χ4v) is 3.92. The number of nitrogens with zero attached hydrogens (tertiary/aromatic N) is 7. The Labute approximate surface area is 190 Å². The number of carbonyl (C=O) groups excluding carboxylic acids is 1. The van der Waals surface area contributed by atoms with Gasteiger partial charge in [-0.05, 0) is 25.0 Å². The first kappa shape index (κ1) is 22.0. The van der Waals surface area contributed by atoms with E-state index in [0.29, 0.717) is 47.8 Å². The molecule has 0 aromatic carbocycles. The van der Waals surface area contributed by atoms with Crippen molar-refractivity contribution in [3.05, 3.63) is 52.7 Å². The summed E-state index contributed by atoms with van der Waals surface area (Å²) < 4.78 is 1.83. The Morgan fingerprint density at radius 1 is 1.19 bits per heavy atom. The van der Waals surface area contributed by atoms with E-state index in [1.807, 2.05) is 35.8 Å². The summed E-state index contributed by atoms with van der Waals surface area (Å²) in [5.74, 6) is 1.05. The van der Waals surface area contributed by atoms with Gasteiger partial charge in [0.1, 0.15) is 16.9 Å². The lowest BCUT2D eigenvalue weighted by atomic mass is 10.1. The fraction of sp³-hybridized carbons (Fsp3) is 0.381. The van der Waals surface area contributed by atoms with E-state index < -0.39 is 6.04 Å². The molecule has 11 heteroatoms. The molecule has 4 heterocycles. The second-order valence-corrected chi connectivity index (χ2v) is 8.12. The minimum absolute atomic E-state index is 0.0742. The van der Waals surface area contributed by atoms with Crippen molar-refractivity contribution in [3.8, 4) is 0 Å². The number of rotatable bonds is 7. The van der Waals surface area contributed by atoms with E-state index in [0.717, 1.165) is 11.1 Å². The highest BCUT2D eigenvalue weighted by Crippen LogP contribution is 2.36. The molecule has 3 aromatic heterocycles. The van der Waals surface area contributed by atoms with Crippen LogP contribution in [0.4, 0.5) is 17.5 Å². The zero-order chi connectivity index (χ0) is 22.8. The largest absolute Gasteiger partial charge is 0.396 e. The van der Waals surface area contributed by atoms with E-state index >= 15 is 0 Å². The summed E-state index contributed by atoms with van der Waals surface area (Å²) in [5, 5.41) is 17.5. The minimum atomic E-state index is -0.458. The maximum atomic E-state index is 12.7. The quantitative estimate of drug-likeness (QED) is 0.518. The van der Waals surface area contributed by atoms with Crippen molar-refractivity contribution in [1.82, 2.24) is 24.7 Å². The van der Waals surface area contributed by atoms with Gasteiger partial charge in [-0.3, -0.25) is 9.48 Å². The molecule has 1 unspecified atom stereocenters. The highest BCUT2D eigenvalue weighted by Gasteiger charge is 2.36. The number of pyridine rings is 1. The number of nitrogens with one attached hydrogen (secondary N) is 1. The molecular weight excluding hydrogens is 432 g/mol. The number of hydrogen-bond acceptors (Lipinski definition) is 8. The van der Waals surface area contributed by atoms with E-state index in [-0.39, 0.29) is 12.5 Å². The Kier molecular flexibility index (Phi) is 6.24. The first-order valence-corrected chi connectivity index (χ1v) is 10.6. The molecule has 32 heavy (non-hydrogen) atoms. The Bertz CT molecular complexity index is 1120. The molecule has 1 amide bonds. The van der Waals surface area contributed by atoms with Gasteiger partial charge in [-0.1, -0.05) is 17.7 Å². The first-order valence-electron chi connectivity index (χ1n) is 10.2. The molecule has 168 valence electrons. The summed E-state index contributed by atoms with van der Waals surface area (Å²) in [6, 6.07) is 3.22. The maximum absolute atomic E-state index is 12.7. The average Bonchev–Trinajstić information content (AvgIpc) is 3.22. The number of amides is 1. The van der Waals surface area contributed by atoms with E-state index in [9.17, 15) is 9.90 Å². The van der Waals surface area contributed by atoms with Crippen LogP contribution in [0, 0.1) is 6.92 Å². The van der Waals surface area contributed by atoms with E-state index in [1.54, 1.807) is 30.4 Å². The van der Waals surface area contributed by atoms with Crippen LogP contribution in [0.3, 0.4) is 0 Å². The number of fused-ring (bicyclic) bond motifs is 1. The van der Waals surface area contributed by atoms with Gasteiger partial charge in [-0.15, -0.1) is 0 Å². The number of carbonyl (C=O) groups is 1. The molecule has 0 bridgehead atoms. The smallest absolute Gasteiger partial charge is 0.249 e. The fourth-order valence-electron chi connectivity index (χ4n) is 3.81. The van der Waals surface area contributed by atoms with Crippen LogP contribution < -0.4 is 15.1 Å². The highest BCUT2D eigenvalue weighted by molar-refractivity contribution is 6.29. The molecule has 10 nitrogen and oxygen atoms in total. The number of likely N-dealkylation sites (N-methyl/N-ethyl adjacent to an activating group) is 2. The number of anilines is 3. The van der Waals surface area contributed by atoms with Gasteiger partial charge >= 0.3 is 0 Å². The molecule has 3 aromatic rings. The third-order valence-electron chi connectivity index (χ3n) is 5.47. The van der Waals surface area contributed by atoms with E-state index in [2.05, 4.69) is 25.4 Å². The Morgan fingerprint density at radius 2 is 2.00 bits per heavy atom. The molecular formula is C21H25ClN8O2. The van der Waals surface area contributed by atoms with Crippen molar-refractivity contribution in [2.24, 2.45) is 0 Å². The summed E-state index contributed by atoms with van der Waals surface area (Å²) >= 11 is 5.83. The summed E-state index contributed by atoms with van der Waals surface area (Å²) in [7, 11) is 3.53. The first-order chi connectivity index (χ1) is 15.4. The SMILES string of the molecule is Cc1nc(NCc2cnn(Cc3ccc(Cl)nc3)c2)nc2c1N(C)C(=O)C(CCO)N2C. The van der Waals surface area contributed by atoms with E-state index in [4.69, 9.17) is 11.6 Å². The Hall–Kier alpha value is -3.24. The third-order valence-corrected chi connectivity index (χ3v) is 5.69. The summed E-state index contributed by atoms with van der Waals surface area (Å²) in [6.07, 6.45) is 5.81. The van der Waals surface area contributed by atoms with Crippen molar-refractivity contribution in [1.29, 1.82) is 0 Å². The second kappa shape index (κ2) is 9.09. The zero-order valence-corrected chi connectivity index (χ0v) is 18.9. The lowest BCUT2D eigenvalue weighted by Gasteiger charge is -2.39. The van der Waals surface area contributed by atoms with E-state index in [1.165, 1.54) is 0 Å². The molecule has 0 spiro atoms. The molecule has 1 aliphatic rings. The van der Waals surface area contributed by atoms with Crippen LogP contribution in [0.5, 0.6) is 0 Å². The predicted octanol–water partition coefficient (Wildman–Crippen LogP) is 1.85. The Morgan fingerprint density at radius 3 is 2.72 bits per heavy atom. The van der Waals surface area contributed by atoms with Crippen LogP contribution in [0.1, 0.15) is 23.2 Å². The lowest BCUT2D eigenvalue weighted by molar-refractivity contribution is -0.120. The van der Waals surface area contributed by atoms with Crippen molar-refractivity contribution >= 4 is 35.0 Å². The van der Waals surface area contributed by atoms with Gasteiger partial charge < -0.3 is 20.2 Å². The molecule has 1 atom stereocenters. The molecule has 1 aliphatic heterocycles. The highest BCUT2D eigenvalue weighted by atomic mass is 35.5. The number of aryl methyl sites for hydroxylation is 1. The maximum Gasteiger partial charge on any atom is 0.249 e. The van der Waals surface area contributed by atoms with Crippen molar-refractivity contribution in [3.63, 3.8) is 0 Å². The normalized spacial score (nSPS) is 15.8. The molecule has 4 rings (SSSR count). The van der Waals surface area contributed by atoms with Crippen LogP contribution in [0.25, 0.3) is 0 Å². The molecule has 0 aliphatic carbocycles. The number of aromatic nitrogens is 5. The summed E-state index contributed by atoms with van der Waals surface area (Å²) in [5.41, 5.74) is 3.37. The summed E-state index contributed by atoms with van der Waals surface area (Å²) in [6.45, 7) is 2.87. The third kappa shape index (κ3) is 4.37. The average molecular weight is 457 g/mol. The van der Waals surface area contributed by atoms with Crippen LogP contribution in [-0.2, 0) is 17.9 Å². The van der Waals surface area contributed by atoms with Crippen LogP contribution in [-0.4, -0.2) is 62.5 Å². The van der Waals surface area contributed by atoms with Crippen molar-refractivity contribution in [2.45, 2.75) is 32.5 Å². The van der Waals surface area contributed by atoms with Crippen LogP contribution in [0.15, 0.2) is 30.7 Å². The number of aliphatic hydroxyl groups is 1. The second-order valence-electron chi connectivity index (χ2n) is 7.73.